The Morgan fingerprint density at radius 2 is 2.25 bits per heavy atom. The van der Waals surface area contributed by atoms with Crippen molar-refractivity contribution in [3.8, 4) is 0 Å². The van der Waals surface area contributed by atoms with Gasteiger partial charge in [-0.2, -0.15) is 0 Å². The van der Waals surface area contributed by atoms with Crippen LogP contribution in [0.4, 0.5) is 0 Å². The fourth-order valence-electron chi connectivity index (χ4n) is 2.69. The molecule has 3 rings (SSSR count). The summed E-state index contributed by atoms with van der Waals surface area (Å²) in [7, 11) is 0. The zero-order valence-electron chi connectivity index (χ0n) is 11.9. The maximum Gasteiger partial charge on any atom is 0.253 e. The molecule has 1 N–H and O–H groups in total. The van der Waals surface area contributed by atoms with Gasteiger partial charge in [-0.3, -0.25) is 9.78 Å². The summed E-state index contributed by atoms with van der Waals surface area (Å²) in [6.07, 6.45) is 5.80. The Labute approximate surface area is 118 Å². The molecule has 20 heavy (non-hydrogen) atoms. The van der Waals surface area contributed by atoms with Gasteiger partial charge in [-0.1, -0.05) is 0 Å². The van der Waals surface area contributed by atoms with Crippen molar-refractivity contribution >= 4 is 5.91 Å². The first-order valence-corrected chi connectivity index (χ1v) is 7.02. The van der Waals surface area contributed by atoms with Crippen LogP contribution >= 0.6 is 0 Å². The average molecular weight is 269 g/mol. The molecular weight excluding hydrogens is 250 g/mol. The smallest absolute Gasteiger partial charge is 0.253 e. The predicted octanol–water partition coefficient (Wildman–Crippen LogP) is 2.76. The van der Waals surface area contributed by atoms with E-state index in [0.29, 0.717) is 18.2 Å². The molecule has 0 aromatic carbocycles. The molecule has 0 aliphatic heterocycles. The number of hydrogen-bond donors (Lipinski definition) is 1. The number of aryl methyl sites for hydroxylation is 1. The number of amides is 1. The van der Waals surface area contributed by atoms with Gasteiger partial charge in [-0.15, -0.1) is 0 Å². The summed E-state index contributed by atoms with van der Waals surface area (Å²) in [6.45, 7) is 4.84. The van der Waals surface area contributed by atoms with Gasteiger partial charge in [-0.05, 0) is 50.5 Å². The molecular formula is C16H19N3O. The van der Waals surface area contributed by atoms with Crippen LogP contribution in [0.25, 0.3) is 0 Å². The summed E-state index contributed by atoms with van der Waals surface area (Å²) in [5.41, 5.74) is 4.36. The van der Waals surface area contributed by atoms with E-state index in [2.05, 4.69) is 34.8 Å². The lowest BCUT2D eigenvalue weighted by molar-refractivity contribution is 0.0950. The van der Waals surface area contributed by atoms with Gasteiger partial charge >= 0.3 is 0 Å². The molecule has 1 amide bonds. The summed E-state index contributed by atoms with van der Waals surface area (Å²) in [5.74, 6) is -0.0747. The van der Waals surface area contributed by atoms with E-state index < -0.39 is 0 Å². The van der Waals surface area contributed by atoms with E-state index >= 15 is 0 Å². The normalized spacial score (nSPS) is 14.3. The SMILES string of the molecule is Cc1cc(CNC(=O)c2cccnc2)c(C)n1C1CC1. The number of pyridine rings is 1. The minimum Gasteiger partial charge on any atom is -0.348 e. The molecule has 1 saturated carbocycles. The molecule has 1 fully saturated rings. The Hall–Kier alpha value is -2.10. The Morgan fingerprint density at radius 1 is 1.45 bits per heavy atom. The molecule has 0 radical (unpaired) electrons. The lowest BCUT2D eigenvalue weighted by Crippen LogP contribution is -2.23. The van der Waals surface area contributed by atoms with Crippen molar-refractivity contribution in [1.29, 1.82) is 0 Å². The minimum absolute atomic E-state index is 0.0747. The highest BCUT2D eigenvalue weighted by Crippen LogP contribution is 2.38. The molecule has 0 bridgehead atoms. The van der Waals surface area contributed by atoms with Crippen molar-refractivity contribution in [3.63, 3.8) is 0 Å². The largest absolute Gasteiger partial charge is 0.348 e. The first-order valence-electron chi connectivity index (χ1n) is 7.02. The zero-order chi connectivity index (χ0) is 14.1. The van der Waals surface area contributed by atoms with E-state index in [1.165, 1.54) is 29.8 Å². The van der Waals surface area contributed by atoms with Gasteiger partial charge in [-0.25, -0.2) is 0 Å². The van der Waals surface area contributed by atoms with Gasteiger partial charge in [0.2, 0.25) is 0 Å². The molecule has 4 nitrogen and oxygen atoms in total. The van der Waals surface area contributed by atoms with E-state index in [0.717, 1.165) is 0 Å². The highest BCUT2D eigenvalue weighted by Gasteiger charge is 2.26. The fraction of sp³-hybridized carbons (Fsp3) is 0.375. The maximum atomic E-state index is 12.0. The van der Waals surface area contributed by atoms with Crippen molar-refractivity contribution in [2.75, 3.05) is 0 Å². The van der Waals surface area contributed by atoms with Gasteiger partial charge in [0.25, 0.3) is 5.91 Å². The molecule has 4 heteroatoms. The van der Waals surface area contributed by atoms with Crippen LogP contribution in [-0.2, 0) is 6.54 Å². The van der Waals surface area contributed by atoms with Crippen molar-refractivity contribution < 1.29 is 4.79 Å². The summed E-state index contributed by atoms with van der Waals surface area (Å²) in [5, 5.41) is 2.96. The van der Waals surface area contributed by atoms with E-state index in [4.69, 9.17) is 0 Å². The number of hydrogen-bond acceptors (Lipinski definition) is 2. The van der Waals surface area contributed by atoms with Gasteiger partial charge in [0.1, 0.15) is 0 Å². The highest BCUT2D eigenvalue weighted by molar-refractivity contribution is 5.93. The van der Waals surface area contributed by atoms with Gasteiger partial charge < -0.3 is 9.88 Å². The summed E-state index contributed by atoms with van der Waals surface area (Å²) < 4.78 is 2.39. The summed E-state index contributed by atoms with van der Waals surface area (Å²) in [4.78, 5) is 16.0. The maximum absolute atomic E-state index is 12.0. The van der Waals surface area contributed by atoms with Crippen LogP contribution in [0.5, 0.6) is 0 Å². The van der Waals surface area contributed by atoms with Gasteiger partial charge in [0.05, 0.1) is 5.56 Å². The van der Waals surface area contributed by atoms with E-state index in [-0.39, 0.29) is 5.91 Å². The third-order valence-electron chi connectivity index (χ3n) is 3.86. The third-order valence-corrected chi connectivity index (χ3v) is 3.86. The van der Waals surface area contributed by atoms with Gasteiger partial charge in [0, 0.05) is 36.4 Å². The predicted molar refractivity (Wildman–Crippen MR) is 77.6 cm³/mol. The summed E-state index contributed by atoms with van der Waals surface area (Å²) >= 11 is 0. The minimum atomic E-state index is -0.0747. The van der Waals surface area contributed by atoms with Crippen molar-refractivity contribution in [1.82, 2.24) is 14.9 Å². The molecule has 104 valence electrons. The van der Waals surface area contributed by atoms with Crippen molar-refractivity contribution in [3.05, 3.63) is 53.1 Å². The summed E-state index contributed by atoms with van der Waals surface area (Å²) in [6, 6.07) is 6.40. The Bertz CT molecular complexity index is 627. The highest BCUT2D eigenvalue weighted by atomic mass is 16.1. The molecule has 0 unspecified atom stereocenters. The first-order chi connectivity index (χ1) is 9.66. The Balaban J connectivity index is 1.70. The van der Waals surface area contributed by atoms with E-state index in [1.807, 2.05) is 0 Å². The zero-order valence-corrected chi connectivity index (χ0v) is 11.9. The Kier molecular flexibility index (Phi) is 3.30. The molecule has 2 heterocycles. The number of carbonyl (C=O) groups excluding carboxylic acids is 1. The Morgan fingerprint density at radius 3 is 2.90 bits per heavy atom. The van der Waals surface area contributed by atoms with Crippen LogP contribution in [0.1, 0.15) is 46.2 Å². The number of rotatable bonds is 4. The van der Waals surface area contributed by atoms with Crippen LogP contribution in [0.3, 0.4) is 0 Å². The van der Waals surface area contributed by atoms with Crippen LogP contribution in [-0.4, -0.2) is 15.5 Å². The molecule has 2 aromatic heterocycles. The molecule has 0 spiro atoms. The number of nitrogens with one attached hydrogen (secondary N) is 1. The van der Waals surface area contributed by atoms with E-state index in [1.54, 1.807) is 24.5 Å². The van der Waals surface area contributed by atoms with Crippen LogP contribution in [0, 0.1) is 13.8 Å². The molecule has 0 atom stereocenters. The first kappa shape index (κ1) is 12.9. The number of nitrogens with zero attached hydrogens (tertiary/aromatic N) is 2. The third kappa shape index (κ3) is 2.46. The fourth-order valence-corrected chi connectivity index (χ4v) is 2.69. The van der Waals surface area contributed by atoms with E-state index in [9.17, 15) is 4.79 Å². The lowest BCUT2D eigenvalue weighted by Gasteiger charge is -2.08. The second kappa shape index (κ2) is 5.12. The van der Waals surface area contributed by atoms with Crippen LogP contribution < -0.4 is 5.32 Å². The molecule has 0 saturated heterocycles. The average Bonchev–Trinajstić information content (AvgIpc) is 3.24. The second-order valence-electron chi connectivity index (χ2n) is 5.42. The quantitative estimate of drug-likeness (QED) is 0.927. The van der Waals surface area contributed by atoms with Crippen molar-refractivity contribution in [2.45, 2.75) is 39.3 Å². The molecule has 1 aliphatic rings. The molecule has 1 aliphatic carbocycles. The van der Waals surface area contributed by atoms with Crippen LogP contribution in [0.2, 0.25) is 0 Å². The monoisotopic (exact) mass is 269 g/mol. The second-order valence-corrected chi connectivity index (χ2v) is 5.42. The lowest BCUT2D eigenvalue weighted by atomic mass is 10.2. The topological polar surface area (TPSA) is 46.9 Å². The number of aromatic nitrogens is 2. The van der Waals surface area contributed by atoms with Gasteiger partial charge in [0.15, 0.2) is 0 Å². The number of carbonyl (C=O) groups is 1. The standard InChI is InChI=1S/C16H19N3O/c1-11-8-14(12(2)19(11)15-5-6-15)10-18-16(20)13-4-3-7-17-9-13/h3-4,7-9,15H,5-6,10H2,1-2H3,(H,18,20). The van der Waals surface area contributed by atoms with Crippen molar-refractivity contribution in [2.24, 2.45) is 0 Å². The molecule has 2 aromatic rings. The van der Waals surface area contributed by atoms with Crippen LogP contribution in [0.15, 0.2) is 30.6 Å².